The first-order valence-electron chi connectivity index (χ1n) is 8.11. The molecule has 0 aliphatic heterocycles. The molecule has 2 aromatic rings. The molecule has 2 atom stereocenters. The van der Waals surface area contributed by atoms with Crippen LogP contribution in [0.4, 0.5) is 22.4 Å². The first-order valence-corrected chi connectivity index (χ1v) is 10.4. The standard InChI is InChI=1S/C17H12BrF4NO6S/c18-7-3-8(19)5-9(4-7)29-12-1-2-13(30(27,28)17(20,21)22)15-11(24)6-10(14(12)15)23-16(25)26/h1-5,10-11,23-24H,6H2,(H,25,26)/t10-,11+/m1/s1. The van der Waals surface area contributed by atoms with Gasteiger partial charge in [0.05, 0.1) is 17.0 Å². The molecule has 0 spiro atoms. The molecule has 1 aliphatic rings. The maximum absolute atomic E-state index is 13.6. The van der Waals surface area contributed by atoms with Crippen LogP contribution in [0.3, 0.4) is 0 Å². The van der Waals surface area contributed by atoms with Gasteiger partial charge < -0.3 is 20.3 Å². The average Bonchev–Trinajstić information content (AvgIpc) is 2.89. The second kappa shape index (κ2) is 7.71. The molecule has 30 heavy (non-hydrogen) atoms. The zero-order valence-electron chi connectivity index (χ0n) is 14.6. The summed E-state index contributed by atoms with van der Waals surface area (Å²) >= 11 is 3.05. The smallest absolute Gasteiger partial charge is 0.465 e. The molecule has 1 amide bonds. The highest BCUT2D eigenvalue weighted by Crippen LogP contribution is 2.49. The van der Waals surface area contributed by atoms with Gasteiger partial charge in [0.25, 0.3) is 9.84 Å². The van der Waals surface area contributed by atoms with E-state index in [9.17, 15) is 35.9 Å². The van der Waals surface area contributed by atoms with E-state index in [0.29, 0.717) is 6.07 Å². The summed E-state index contributed by atoms with van der Waals surface area (Å²) in [6.07, 6.45) is -3.69. The topological polar surface area (TPSA) is 113 Å². The number of nitrogens with one attached hydrogen (secondary N) is 1. The second-order valence-corrected chi connectivity index (χ2v) is 9.12. The molecule has 13 heteroatoms. The van der Waals surface area contributed by atoms with Crippen LogP contribution in [0.5, 0.6) is 11.5 Å². The van der Waals surface area contributed by atoms with Crippen molar-refractivity contribution in [2.45, 2.75) is 29.0 Å². The van der Waals surface area contributed by atoms with Crippen LogP contribution in [-0.4, -0.2) is 30.2 Å². The van der Waals surface area contributed by atoms with Crippen LogP contribution in [-0.2, 0) is 9.84 Å². The molecule has 7 nitrogen and oxygen atoms in total. The Morgan fingerprint density at radius 2 is 1.87 bits per heavy atom. The van der Waals surface area contributed by atoms with Gasteiger partial charge in [-0.2, -0.15) is 13.2 Å². The number of aliphatic hydroxyl groups is 1. The Morgan fingerprint density at radius 3 is 2.43 bits per heavy atom. The first kappa shape index (κ1) is 22.3. The van der Waals surface area contributed by atoms with E-state index in [1.54, 1.807) is 0 Å². The summed E-state index contributed by atoms with van der Waals surface area (Å²) in [5.74, 6) is -1.03. The normalized spacial score (nSPS) is 18.7. The number of alkyl halides is 3. The summed E-state index contributed by atoms with van der Waals surface area (Å²) in [4.78, 5) is 9.88. The van der Waals surface area contributed by atoms with Crippen molar-refractivity contribution in [2.75, 3.05) is 0 Å². The van der Waals surface area contributed by atoms with Crippen LogP contribution in [0.15, 0.2) is 39.7 Å². The molecule has 0 heterocycles. The highest BCUT2D eigenvalue weighted by atomic mass is 79.9. The van der Waals surface area contributed by atoms with Gasteiger partial charge in [0.2, 0.25) is 0 Å². The van der Waals surface area contributed by atoms with E-state index >= 15 is 0 Å². The van der Waals surface area contributed by atoms with Crippen LogP contribution in [0.25, 0.3) is 0 Å². The fourth-order valence-electron chi connectivity index (χ4n) is 3.20. The minimum absolute atomic E-state index is 0.0917. The van der Waals surface area contributed by atoms with Crippen LogP contribution < -0.4 is 10.1 Å². The molecule has 1 aliphatic carbocycles. The number of benzene rings is 2. The lowest BCUT2D eigenvalue weighted by Crippen LogP contribution is -2.26. The lowest BCUT2D eigenvalue weighted by Gasteiger charge is -2.19. The molecule has 0 fully saturated rings. The van der Waals surface area contributed by atoms with Gasteiger partial charge in [-0.25, -0.2) is 17.6 Å². The van der Waals surface area contributed by atoms with E-state index in [1.165, 1.54) is 6.07 Å². The van der Waals surface area contributed by atoms with Crippen molar-refractivity contribution in [2.24, 2.45) is 0 Å². The molecule has 3 rings (SSSR count). The van der Waals surface area contributed by atoms with E-state index < -0.39 is 56.3 Å². The minimum atomic E-state index is -5.85. The van der Waals surface area contributed by atoms with Crippen LogP contribution >= 0.6 is 15.9 Å². The maximum atomic E-state index is 13.6. The zero-order chi connectivity index (χ0) is 22.4. The summed E-state index contributed by atoms with van der Waals surface area (Å²) in [6.45, 7) is 0. The van der Waals surface area contributed by atoms with Crippen molar-refractivity contribution in [3.8, 4) is 11.5 Å². The number of hydrogen-bond acceptors (Lipinski definition) is 5. The number of fused-ring (bicyclic) bond motifs is 1. The molecular formula is C17H12BrF4NO6S. The fourth-order valence-corrected chi connectivity index (χ4v) is 4.68. The number of sulfone groups is 1. The second-order valence-electron chi connectivity index (χ2n) is 6.30. The number of ether oxygens (including phenoxy) is 1. The Hall–Kier alpha value is -2.38. The summed E-state index contributed by atoms with van der Waals surface area (Å²) in [6, 6.07) is 3.66. The summed E-state index contributed by atoms with van der Waals surface area (Å²) < 4.78 is 82.7. The van der Waals surface area contributed by atoms with Crippen molar-refractivity contribution < 1.29 is 45.7 Å². The Labute approximate surface area is 175 Å². The highest BCUT2D eigenvalue weighted by Gasteiger charge is 2.50. The monoisotopic (exact) mass is 513 g/mol. The van der Waals surface area contributed by atoms with E-state index in [2.05, 4.69) is 15.9 Å². The number of rotatable bonds is 4. The molecule has 0 saturated carbocycles. The Kier molecular flexibility index (Phi) is 5.73. The number of halogens is 5. The Balaban J connectivity index is 2.21. The molecule has 3 N–H and O–H groups in total. The van der Waals surface area contributed by atoms with Gasteiger partial charge in [-0.15, -0.1) is 0 Å². The van der Waals surface area contributed by atoms with E-state index in [1.807, 2.05) is 5.32 Å². The van der Waals surface area contributed by atoms with Gasteiger partial charge in [0.15, 0.2) is 0 Å². The number of carbonyl (C=O) groups is 1. The van der Waals surface area contributed by atoms with Gasteiger partial charge >= 0.3 is 11.6 Å². The van der Waals surface area contributed by atoms with Gasteiger partial charge in [-0.1, -0.05) is 15.9 Å². The third kappa shape index (κ3) is 4.09. The van der Waals surface area contributed by atoms with Crippen molar-refractivity contribution in [3.05, 3.63) is 51.7 Å². The third-order valence-electron chi connectivity index (χ3n) is 4.30. The molecule has 0 saturated heterocycles. The molecule has 0 aromatic heterocycles. The molecule has 162 valence electrons. The minimum Gasteiger partial charge on any atom is -0.465 e. The average molecular weight is 514 g/mol. The van der Waals surface area contributed by atoms with Crippen LogP contribution in [0.2, 0.25) is 0 Å². The first-order chi connectivity index (χ1) is 13.8. The van der Waals surface area contributed by atoms with Gasteiger partial charge in [0.1, 0.15) is 17.3 Å². The summed E-state index contributed by atoms with van der Waals surface area (Å²) in [5.41, 5.74) is -6.55. The van der Waals surface area contributed by atoms with Crippen molar-refractivity contribution in [1.29, 1.82) is 0 Å². The van der Waals surface area contributed by atoms with Crippen molar-refractivity contribution in [3.63, 3.8) is 0 Å². The highest BCUT2D eigenvalue weighted by molar-refractivity contribution is 9.10. The molecular weight excluding hydrogens is 502 g/mol. The predicted octanol–water partition coefficient (Wildman–Crippen LogP) is 4.42. The largest absolute Gasteiger partial charge is 0.501 e. The van der Waals surface area contributed by atoms with Crippen LogP contribution in [0, 0.1) is 5.82 Å². The lowest BCUT2D eigenvalue weighted by atomic mass is 10.1. The number of aliphatic hydroxyl groups excluding tert-OH is 1. The third-order valence-corrected chi connectivity index (χ3v) is 6.31. The van der Waals surface area contributed by atoms with Gasteiger partial charge in [-0.3, -0.25) is 0 Å². The zero-order valence-corrected chi connectivity index (χ0v) is 17.0. The van der Waals surface area contributed by atoms with E-state index in [4.69, 9.17) is 9.84 Å². The fraction of sp³-hybridized carbons (Fsp3) is 0.235. The van der Waals surface area contributed by atoms with Gasteiger partial charge in [-0.05, 0) is 24.3 Å². The van der Waals surface area contributed by atoms with Crippen LogP contribution in [0.1, 0.15) is 29.7 Å². The molecule has 0 unspecified atom stereocenters. The summed E-state index contributed by atoms with van der Waals surface area (Å²) in [7, 11) is -5.85. The lowest BCUT2D eigenvalue weighted by molar-refractivity contribution is -0.0437. The predicted molar refractivity (Wildman–Crippen MR) is 97.3 cm³/mol. The number of amides is 1. The molecule has 2 aromatic carbocycles. The Bertz CT molecular complexity index is 1100. The number of hydrogen-bond donors (Lipinski definition) is 3. The number of carboxylic acid groups (broad SMARTS) is 1. The van der Waals surface area contributed by atoms with Crippen molar-refractivity contribution in [1.82, 2.24) is 5.32 Å². The van der Waals surface area contributed by atoms with E-state index in [0.717, 1.165) is 18.2 Å². The molecule has 0 radical (unpaired) electrons. The maximum Gasteiger partial charge on any atom is 0.501 e. The SMILES string of the molecule is O=C(O)N[C@@H]1C[C@H](O)c2c(S(=O)(=O)C(F)(F)F)ccc(Oc3cc(F)cc(Br)c3)c21. The quantitative estimate of drug-likeness (QED) is 0.521. The van der Waals surface area contributed by atoms with E-state index in [-0.39, 0.29) is 21.5 Å². The van der Waals surface area contributed by atoms with Crippen molar-refractivity contribution >= 4 is 31.9 Å². The summed E-state index contributed by atoms with van der Waals surface area (Å²) in [5, 5.41) is 21.3. The Morgan fingerprint density at radius 1 is 1.20 bits per heavy atom. The molecule has 0 bridgehead atoms. The van der Waals surface area contributed by atoms with Gasteiger partial charge in [0, 0.05) is 28.1 Å².